The molecule has 96 valence electrons. The topological polar surface area (TPSA) is 57.7 Å². The lowest BCUT2D eigenvalue weighted by Gasteiger charge is -2.33. The van der Waals surface area contributed by atoms with Crippen LogP contribution in [0.25, 0.3) is 0 Å². The summed E-state index contributed by atoms with van der Waals surface area (Å²) in [6.07, 6.45) is 1.97. The molecule has 1 rings (SSSR count). The van der Waals surface area contributed by atoms with Crippen LogP contribution in [0, 0.1) is 0 Å². The molecule has 1 saturated heterocycles. The van der Waals surface area contributed by atoms with E-state index in [1.807, 2.05) is 6.92 Å². The molecule has 0 spiro atoms. The van der Waals surface area contributed by atoms with Crippen LogP contribution in [0.15, 0.2) is 0 Å². The second-order valence-electron chi connectivity index (χ2n) is 4.44. The number of carbonyl (C=O) groups is 3. The van der Waals surface area contributed by atoms with Gasteiger partial charge in [0.1, 0.15) is 5.78 Å². The third kappa shape index (κ3) is 4.17. The number of nitrogens with zero attached hydrogens (tertiary/aromatic N) is 2. The van der Waals surface area contributed by atoms with Gasteiger partial charge in [-0.05, 0) is 19.8 Å². The van der Waals surface area contributed by atoms with Crippen molar-refractivity contribution in [1.82, 2.24) is 9.80 Å². The summed E-state index contributed by atoms with van der Waals surface area (Å²) in [7, 11) is 0. The zero-order valence-electron chi connectivity index (χ0n) is 10.6. The van der Waals surface area contributed by atoms with Gasteiger partial charge in [-0.1, -0.05) is 6.92 Å². The lowest BCUT2D eigenvalue weighted by Crippen LogP contribution is -2.54. The summed E-state index contributed by atoms with van der Waals surface area (Å²) in [4.78, 5) is 37.4. The Morgan fingerprint density at radius 3 is 2.12 bits per heavy atom. The summed E-state index contributed by atoms with van der Waals surface area (Å²) < 4.78 is 0. The van der Waals surface area contributed by atoms with Crippen LogP contribution in [-0.4, -0.2) is 53.6 Å². The van der Waals surface area contributed by atoms with Crippen LogP contribution in [0.3, 0.4) is 0 Å². The number of hydrogen-bond acceptors (Lipinski definition) is 3. The van der Waals surface area contributed by atoms with Gasteiger partial charge in [0.15, 0.2) is 0 Å². The Balaban J connectivity index is 2.41. The molecular formula is C12H20N2O3. The van der Waals surface area contributed by atoms with E-state index in [-0.39, 0.29) is 30.7 Å². The molecule has 0 unspecified atom stereocenters. The molecule has 0 atom stereocenters. The number of ketones is 1. The standard InChI is InChI=1S/C12H20N2O3/c1-3-6-13-8-12(17)14(9-11(13)16)7-4-5-10(2)15/h3-9H2,1-2H3. The van der Waals surface area contributed by atoms with Crippen molar-refractivity contribution >= 4 is 17.6 Å². The molecule has 0 aromatic carbocycles. The molecule has 17 heavy (non-hydrogen) atoms. The first-order valence-electron chi connectivity index (χ1n) is 6.09. The van der Waals surface area contributed by atoms with Crippen molar-refractivity contribution in [3.05, 3.63) is 0 Å². The van der Waals surface area contributed by atoms with Crippen molar-refractivity contribution in [2.75, 3.05) is 26.2 Å². The Bertz CT molecular complexity index is 315. The first-order chi connectivity index (χ1) is 8.04. The normalized spacial score (nSPS) is 16.6. The molecule has 5 heteroatoms. The molecule has 0 aromatic rings. The van der Waals surface area contributed by atoms with Crippen LogP contribution in [0.4, 0.5) is 0 Å². The van der Waals surface area contributed by atoms with Crippen LogP contribution in [0.5, 0.6) is 0 Å². The van der Waals surface area contributed by atoms with Gasteiger partial charge in [-0.25, -0.2) is 0 Å². The van der Waals surface area contributed by atoms with Gasteiger partial charge in [0.05, 0.1) is 13.1 Å². The summed E-state index contributed by atoms with van der Waals surface area (Å²) in [5.41, 5.74) is 0. The minimum atomic E-state index is -0.0124. The Hall–Kier alpha value is -1.39. The maximum Gasteiger partial charge on any atom is 0.242 e. The summed E-state index contributed by atoms with van der Waals surface area (Å²) in [5.74, 6) is 0.115. The fraction of sp³-hybridized carbons (Fsp3) is 0.750. The molecule has 1 fully saturated rings. The number of piperazine rings is 1. The Labute approximate surface area is 102 Å². The van der Waals surface area contributed by atoms with E-state index >= 15 is 0 Å². The minimum absolute atomic E-state index is 0.00859. The van der Waals surface area contributed by atoms with E-state index in [0.717, 1.165) is 6.42 Å². The lowest BCUT2D eigenvalue weighted by atomic mass is 10.2. The van der Waals surface area contributed by atoms with E-state index < -0.39 is 0 Å². The van der Waals surface area contributed by atoms with Gasteiger partial charge in [0.2, 0.25) is 11.8 Å². The molecule has 0 bridgehead atoms. The Kier molecular flexibility index (Phi) is 5.12. The van der Waals surface area contributed by atoms with Gasteiger partial charge in [-0.15, -0.1) is 0 Å². The maximum atomic E-state index is 11.7. The van der Waals surface area contributed by atoms with E-state index in [2.05, 4.69) is 0 Å². The van der Waals surface area contributed by atoms with E-state index in [1.165, 1.54) is 6.92 Å². The highest BCUT2D eigenvalue weighted by atomic mass is 16.2. The van der Waals surface area contributed by atoms with Crippen molar-refractivity contribution in [3.63, 3.8) is 0 Å². The fourth-order valence-corrected chi connectivity index (χ4v) is 1.90. The van der Waals surface area contributed by atoms with Crippen molar-refractivity contribution in [1.29, 1.82) is 0 Å². The number of rotatable bonds is 6. The van der Waals surface area contributed by atoms with Crippen molar-refractivity contribution in [3.8, 4) is 0 Å². The highest BCUT2D eigenvalue weighted by Gasteiger charge is 2.28. The van der Waals surface area contributed by atoms with E-state index in [4.69, 9.17) is 0 Å². The molecule has 0 radical (unpaired) electrons. The average Bonchev–Trinajstić information content (AvgIpc) is 2.24. The summed E-state index contributed by atoms with van der Waals surface area (Å²) in [6, 6.07) is 0. The predicted molar refractivity (Wildman–Crippen MR) is 63.4 cm³/mol. The summed E-state index contributed by atoms with van der Waals surface area (Å²) >= 11 is 0. The fourth-order valence-electron chi connectivity index (χ4n) is 1.90. The van der Waals surface area contributed by atoms with Crippen LogP contribution in [-0.2, 0) is 14.4 Å². The minimum Gasteiger partial charge on any atom is -0.332 e. The third-order valence-corrected chi connectivity index (χ3v) is 2.81. The zero-order valence-corrected chi connectivity index (χ0v) is 10.6. The second-order valence-corrected chi connectivity index (χ2v) is 4.44. The molecule has 0 aromatic heterocycles. The van der Waals surface area contributed by atoms with Crippen molar-refractivity contribution < 1.29 is 14.4 Å². The van der Waals surface area contributed by atoms with Crippen LogP contribution in [0.1, 0.15) is 33.1 Å². The Morgan fingerprint density at radius 1 is 1.12 bits per heavy atom. The monoisotopic (exact) mass is 240 g/mol. The van der Waals surface area contributed by atoms with Crippen LogP contribution >= 0.6 is 0 Å². The third-order valence-electron chi connectivity index (χ3n) is 2.81. The highest BCUT2D eigenvalue weighted by Crippen LogP contribution is 2.07. The number of Topliss-reactive ketones (excluding diaryl/α,β-unsaturated/α-hetero) is 1. The van der Waals surface area contributed by atoms with Crippen LogP contribution in [0.2, 0.25) is 0 Å². The van der Waals surface area contributed by atoms with E-state index in [9.17, 15) is 14.4 Å². The molecular weight excluding hydrogens is 220 g/mol. The largest absolute Gasteiger partial charge is 0.332 e. The molecule has 0 saturated carbocycles. The maximum absolute atomic E-state index is 11.7. The number of amides is 2. The summed E-state index contributed by atoms with van der Waals surface area (Å²) in [6.45, 7) is 5.02. The van der Waals surface area contributed by atoms with Crippen LogP contribution < -0.4 is 0 Å². The summed E-state index contributed by atoms with van der Waals surface area (Å²) in [5, 5.41) is 0. The zero-order chi connectivity index (χ0) is 12.8. The second kappa shape index (κ2) is 6.37. The van der Waals surface area contributed by atoms with Gasteiger partial charge in [-0.2, -0.15) is 0 Å². The first kappa shape index (κ1) is 13.7. The molecule has 1 aliphatic rings. The Morgan fingerprint density at radius 2 is 1.65 bits per heavy atom. The van der Waals surface area contributed by atoms with Gasteiger partial charge >= 0.3 is 0 Å². The first-order valence-corrected chi connectivity index (χ1v) is 6.09. The molecule has 1 heterocycles. The predicted octanol–water partition coefficient (Wildman–Crippen LogP) is 0.436. The van der Waals surface area contributed by atoms with Gasteiger partial charge in [-0.3, -0.25) is 9.59 Å². The average molecular weight is 240 g/mol. The van der Waals surface area contributed by atoms with Gasteiger partial charge in [0, 0.05) is 19.5 Å². The molecule has 0 aliphatic carbocycles. The molecule has 1 aliphatic heterocycles. The quantitative estimate of drug-likeness (QED) is 0.676. The number of carbonyl (C=O) groups excluding carboxylic acids is 3. The van der Waals surface area contributed by atoms with Crippen molar-refractivity contribution in [2.24, 2.45) is 0 Å². The van der Waals surface area contributed by atoms with Gasteiger partial charge < -0.3 is 14.6 Å². The van der Waals surface area contributed by atoms with E-state index in [1.54, 1.807) is 9.80 Å². The molecule has 5 nitrogen and oxygen atoms in total. The number of hydrogen-bond donors (Lipinski definition) is 0. The van der Waals surface area contributed by atoms with Crippen molar-refractivity contribution in [2.45, 2.75) is 33.1 Å². The van der Waals surface area contributed by atoms with E-state index in [0.29, 0.717) is 25.9 Å². The highest BCUT2D eigenvalue weighted by molar-refractivity contribution is 5.92. The lowest BCUT2D eigenvalue weighted by molar-refractivity contribution is -0.150. The molecule has 0 N–H and O–H groups in total. The SMILES string of the molecule is CCCN1CC(=O)N(CCCC(C)=O)CC1=O. The smallest absolute Gasteiger partial charge is 0.242 e. The van der Waals surface area contributed by atoms with Gasteiger partial charge in [0.25, 0.3) is 0 Å². The molecule has 2 amide bonds.